The maximum atomic E-state index is 9.30. The third-order valence-corrected chi connectivity index (χ3v) is 2.92. The number of terminal acetylenes is 1. The lowest BCUT2D eigenvalue weighted by Crippen LogP contribution is -2.38. The first kappa shape index (κ1) is 12.5. The van der Waals surface area contributed by atoms with E-state index < -0.39 is 13.9 Å². The van der Waals surface area contributed by atoms with E-state index in [0.717, 1.165) is 5.56 Å². The van der Waals surface area contributed by atoms with Gasteiger partial charge in [-0.2, -0.15) is 5.26 Å². The molecule has 0 bridgehead atoms. The van der Waals surface area contributed by atoms with Crippen LogP contribution in [-0.2, 0) is 10.0 Å². The molecule has 0 heterocycles. The Morgan fingerprint density at radius 3 is 2.19 bits per heavy atom. The van der Waals surface area contributed by atoms with Crippen LogP contribution in [0.1, 0.15) is 5.56 Å². The molecule has 0 fully saturated rings. The predicted molar refractivity (Wildman–Crippen MR) is 67.0 cm³/mol. The highest BCUT2D eigenvalue weighted by Gasteiger charge is 2.36. The van der Waals surface area contributed by atoms with Gasteiger partial charge in [-0.05, 0) is 19.6 Å². The molecule has 0 spiro atoms. The highest BCUT2D eigenvalue weighted by atomic mass is 28.4. The van der Waals surface area contributed by atoms with E-state index in [0.29, 0.717) is 0 Å². The molecule has 0 radical (unpaired) electrons. The molecule has 0 saturated carbocycles. The summed E-state index contributed by atoms with van der Waals surface area (Å²) in [4.78, 5) is 0. The van der Waals surface area contributed by atoms with Gasteiger partial charge >= 0.3 is 0 Å². The first-order valence-electron chi connectivity index (χ1n) is 5.08. The molecular formula is C13H15NOSi. The van der Waals surface area contributed by atoms with E-state index >= 15 is 0 Å². The Bertz CT molecular complexity index is 420. The minimum absolute atomic E-state index is 0.724. The van der Waals surface area contributed by atoms with Crippen LogP contribution in [0.4, 0.5) is 0 Å². The quantitative estimate of drug-likeness (QED) is 0.590. The summed E-state index contributed by atoms with van der Waals surface area (Å²) in [6.07, 6.45) is 5.48. The lowest BCUT2D eigenvalue weighted by molar-refractivity contribution is 0.183. The predicted octanol–water partition coefficient (Wildman–Crippen LogP) is 2.89. The van der Waals surface area contributed by atoms with Crippen molar-refractivity contribution in [1.82, 2.24) is 0 Å². The average molecular weight is 229 g/mol. The van der Waals surface area contributed by atoms with Gasteiger partial charge in [0.05, 0.1) is 0 Å². The fraction of sp³-hybridized carbons (Fsp3) is 0.308. The topological polar surface area (TPSA) is 33.0 Å². The normalized spacial score (nSPS) is 14.6. The van der Waals surface area contributed by atoms with Crippen LogP contribution in [0.3, 0.4) is 0 Å². The molecule has 1 aromatic carbocycles. The van der Waals surface area contributed by atoms with Gasteiger partial charge in [-0.15, -0.1) is 6.42 Å². The van der Waals surface area contributed by atoms with Crippen molar-refractivity contribution in [1.29, 1.82) is 5.26 Å². The van der Waals surface area contributed by atoms with Crippen molar-refractivity contribution in [3.63, 3.8) is 0 Å². The maximum absolute atomic E-state index is 9.30. The van der Waals surface area contributed by atoms with Crippen LogP contribution in [0, 0.1) is 23.7 Å². The summed E-state index contributed by atoms with van der Waals surface area (Å²) in [6.45, 7) is 6.04. The Kier molecular flexibility index (Phi) is 3.54. The van der Waals surface area contributed by atoms with Crippen molar-refractivity contribution in [2.24, 2.45) is 0 Å². The average Bonchev–Trinajstić information content (AvgIpc) is 2.26. The monoisotopic (exact) mass is 229 g/mol. The zero-order valence-corrected chi connectivity index (χ0v) is 10.8. The summed E-state index contributed by atoms with van der Waals surface area (Å²) in [7, 11) is -1.88. The highest BCUT2D eigenvalue weighted by Crippen LogP contribution is 2.28. The molecule has 1 atom stereocenters. The Morgan fingerprint density at radius 2 is 1.81 bits per heavy atom. The molecule has 3 heteroatoms. The van der Waals surface area contributed by atoms with Crippen molar-refractivity contribution in [2.45, 2.75) is 25.2 Å². The van der Waals surface area contributed by atoms with Crippen LogP contribution >= 0.6 is 0 Å². The molecule has 16 heavy (non-hydrogen) atoms. The van der Waals surface area contributed by atoms with Gasteiger partial charge in [0.15, 0.2) is 8.32 Å². The second-order valence-corrected chi connectivity index (χ2v) is 8.95. The molecule has 1 rings (SSSR count). The maximum Gasteiger partial charge on any atom is 0.232 e. The second kappa shape index (κ2) is 4.53. The summed E-state index contributed by atoms with van der Waals surface area (Å²) in [6, 6.07) is 11.4. The van der Waals surface area contributed by atoms with Gasteiger partial charge in [-0.1, -0.05) is 36.3 Å². The van der Waals surface area contributed by atoms with Gasteiger partial charge in [0.25, 0.3) is 0 Å². The molecule has 82 valence electrons. The molecule has 0 amide bonds. The molecule has 1 aromatic rings. The minimum Gasteiger partial charge on any atom is -0.387 e. The van der Waals surface area contributed by atoms with Crippen LogP contribution in [0.2, 0.25) is 19.6 Å². The van der Waals surface area contributed by atoms with E-state index in [1.54, 1.807) is 0 Å². The molecule has 0 aliphatic carbocycles. The number of hydrogen-bond acceptors (Lipinski definition) is 2. The highest BCUT2D eigenvalue weighted by molar-refractivity contribution is 6.69. The van der Waals surface area contributed by atoms with Crippen LogP contribution in [0.15, 0.2) is 30.3 Å². The summed E-state index contributed by atoms with van der Waals surface area (Å²) in [5.41, 5.74) is -0.520. The number of nitriles is 1. The van der Waals surface area contributed by atoms with Crippen molar-refractivity contribution in [3.8, 4) is 18.4 Å². The van der Waals surface area contributed by atoms with E-state index in [4.69, 9.17) is 10.8 Å². The van der Waals surface area contributed by atoms with Crippen LogP contribution in [-0.4, -0.2) is 8.32 Å². The van der Waals surface area contributed by atoms with Crippen molar-refractivity contribution in [2.75, 3.05) is 0 Å². The van der Waals surface area contributed by atoms with Crippen molar-refractivity contribution >= 4 is 8.32 Å². The summed E-state index contributed by atoms with van der Waals surface area (Å²) in [5.74, 6) is 2.49. The number of benzene rings is 1. The number of nitrogens with zero attached hydrogens (tertiary/aromatic N) is 1. The molecule has 0 N–H and O–H groups in total. The Morgan fingerprint density at radius 1 is 1.25 bits per heavy atom. The molecule has 0 aliphatic heterocycles. The Hall–Kier alpha value is -1.55. The largest absolute Gasteiger partial charge is 0.387 e. The molecular weight excluding hydrogens is 214 g/mol. The number of hydrogen-bond donors (Lipinski definition) is 0. The van der Waals surface area contributed by atoms with Crippen LogP contribution in [0.5, 0.6) is 0 Å². The third kappa shape index (κ3) is 2.73. The summed E-state index contributed by atoms with van der Waals surface area (Å²) in [5, 5.41) is 9.30. The lowest BCUT2D eigenvalue weighted by Gasteiger charge is -2.29. The van der Waals surface area contributed by atoms with Gasteiger partial charge < -0.3 is 4.43 Å². The fourth-order valence-corrected chi connectivity index (χ4v) is 2.56. The first-order chi connectivity index (χ1) is 7.43. The van der Waals surface area contributed by atoms with E-state index in [1.807, 2.05) is 50.0 Å². The SMILES string of the molecule is C#CC(C#N)(O[Si](C)(C)C)c1ccccc1. The molecule has 0 saturated heterocycles. The second-order valence-electron chi connectivity index (χ2n) is 4.52. The smallest absolute Gasteiger partial charge is 0.232 e. The first-order valence-corrected chi connectivity index (χ1v) is 8.49. The van der Waals surface area contributed by atoms with Gasteiger partial charge in [0.2, 0.25) is 5.60 Å². The van der Waals surface area contributed by atoms with Gasteiger partial charge in [-0.25, -0.2) is 0 Å². The molecule has 0 aromatic heterocycles. The third-order valence-electron chi connectivity index (χ3n) is 2.00. The lowest BCUT2D eigenvalue weighted by atomic mass is 9.97. The molecule has 0 aliphatic rings. The van der Waals surface area contributed by atoms with Crippen LogP contribution < -0.4 is 0 Å². The zero-order chi connectivity index (χ0) is 12.2. The van der Waals surface area contributed by atoms with E-state index in [1.165, 1.54) is 0 Å². The van der Waals surface area contributed by atoms with E-state index in [9.17, 15) is 5.26 Å². The van der Waals surface area contributed by atoms with Crippen LogP contribution in [0.25, 0.3) is 0 Å². The van der Waals surface area contributed by atoms with Crippen molar-refractivity contribution < 1.29 is 4.43 Å². The van der Waals surface area contributed by atoms with E-state index in [2.05, 4.69) is 12.0 Å². The van der Waals surface area contributed by atoms with Crippen molar-refractivity contribution in [3.05, 3.63) is 35.9 Å². The summed E-state index contributed by atoms with van der Waals surface area (Å²) < 4.78 is 5.85. The standard InChI is InChI=1S/C13H15NOSi/c1-5-13(11-14,15-16(2,3)4)12-9-7-6-8-10-12/h1,6-10H,2-4H3. The number of rotatable bonds is 3. The fourth-order valence-electron chi connectivity index (χ4n) is 1.42. The van der Waals surface area contributed by atoms with Gasteiger partial charge in [-0.3, -0.25) is 0 Å². The summed E-state index contributed by atoms with van der Waals surface area (Å²) >= 11 is 0. The van der Waals surface area contributed by atoms with E-state index in [-0.39, 0.29) is 0 Å². The van der Waals surface area contributed by atoms with Gasteiger partial charge in [0, 0.05) is 5.56 Å². The van der Waals surface area contributed by atoms with Gasteiger partial charge in [0.1, 0.15) is 6.07 Å². The molecule has 2 nitrogen and oxygen atoms in total. The Balaban J connectivity index is 3.20. The zero-order valence-electron chi connectivity index (χ0n) is 9.82. The Labute approximate surface area is 98.0 Å². The minimum atomic E-state index is -1.88. The molecule has 1 unspecified atom stereocenters.